The molecule has 0 spiro atoms. The number of phenolic OH excluding ortho intramolecular Hbond substituents is 1. The number of carbonyl (C=O) groups excluding carboxylic acids is 2. The van der Waals surface area contributed by atoms with Crippen LogP contribution in [0.15, 0.2) is 59.2 Å². The van der Waals surface area contributed by atoms with Gasteiger partial charge in [0, 0.05) is 31.6 Å². The summed E-state index contributed by atoms with van der Waals surface area (Å²) in [4.78, 5) is 32.1. The van der Waals surface area contributed by atoms with Gasteiger partial charge >= 0.3 is 0 Å². The molecular weight excluding hydrogens is 679 g/mol. The van der Waals surface area contributed by atoms with Crippen molar-refractivity contribution in [2.75, 3.05) is 26.8 Å². The van der Waals surface area contributed by atoms with Crippen molar-refractivity contribution in [3.8, 4) is 11.5 Å². The highest BCUT2D eigenvalue weighted by molar-refractivity contribution is 14.1. The van der Waals surface area contributed by atoms with E-state index in [9.17, 15) is 14.7 Å². The van der Waals surface area contributed by atoms with E-state index in [1.807, 2.05) is 18.2 Å². The van der Waals surface area contributed by atoms with Crippen LogP contribution in [0.3, 0.4) is 0 Å². The van der Waals surface area contributed by atoms with E-state index in [0.29, 0.717) is 18.8 Å². The number of phenols is 1. The average Bonchev–Trinajstić information content (AvgIpc) is 3.57. The summed E-state index contributed by atoms with van der Waals surface area (Å²) < 4.78 is 12.6. The zero-order valence-electron chi connectivity index (χ0n) is 26.6. The smallest absolute Gasteiger partial charge is 0.234 e. The second-order valence-corrected chi connectivity index (χ2v) is 14.4. The van der Waals surface area contributed by atoms with Crippen LogP contribution in [0.4, 0.5) is 0 Å². The number of carbonyl (C=O) groups is 2. The van der Waals surface area contributed by atoms with E-state index in [1.54, 1.807) is 12.0 Å². The molecule has 45 heavy (non-hydrogen) atoms. The van der Waals surface area contributed by atoms with Crippen LogP contribution in [-0.2, 0) is 20.9 Å². The van der Waals surface area contributed by atoms with Crippen molar-refractivity contribution < 1.29 is 24.2 Å². The Hall–Kier alpha value is -2.69. The lowest BCUT2D eigenvalue weighted by molar-refractivity contribution is -0.144. The first-order valence-electron chi connectivity index (χ1n) is 16.5. The SMILES string of the molecule is CCCC1=C2[C@@H](CC/C(C)=C/c3cc(I)c(O)c(OC)c3)OC[C@@H]2[C@@H]2C(=O)N(C3CCN(Cc4ccccc4)CC3)C(=O)[C@@H]2C1. The fourth-order valence-corrected chi connectivity index (χ4v) is 8.75. The number of amides is 2. The fourth-order valence-electron chi connectivity index (χ4n) is 8.12. The average molecular weight is 725 g/mol. The molecule has 0 radical (unpaired) electrons. The zero-order valence-corrected chi connectivity index (χ0v) is 28.8. The summed E-state index contributed by atoms with van der Waals surface area (Å²) >= 11 is 2.12. The van der Waals surface area contributed by atoms with Crippen LogP contribution in [0.5, 0.6) is 11.5 Å². The van der Waals surface area contributed by atoms with E-state index in [2.05, 4.69) is 71.7 Å². The number of halogens is 1. The molecule has 0 unspecified atom stereocenters. The molecule has 2 aromatic carbocycles. The maximum Gasteiger partial charge on any atom is 0.234 e. The molecule has 3 heterocycles. The number of nitrogens with zero attached hydrogens (tertiary/aromatic N) is 2. The third-order valence-electron chi connectivity index (χ3n) is 10.2. The number of allylic oxidation sites excluding steroid dienone is 2. The van der Waals surface area contributed by atoms with Gasteiger partial charge in [0.2, 0.25) is 11.8 Å². The lowest BCUT2D eigenvalue weighted by atomic mass is 9.68. The van der Waals surface area contributed by atoms with Gasteiger partial charge < -0.3 is 14.6 Å². The Bertz CT molecular complexity index is 1480. The summed E-state index contributed by atoms with van der Waals surface area (Å²) in [6.45, 7) is 7.54. The van der Waals surface area contributed by atoms with E-state index in [-0.39, 0.29) is 47.5 Å². The maximum absolute atomic E-state index is 14.1. The number of rotatable bonds is 10. The molecule has 3 saturated heterocycles. The van der Waals surface area contributed by atoms with Gasteiger partial charge in [-0.2, -0.15) is 0 Å². The van der Waals surface area contributed by atoms with E-state index in [0.717, 1.165) is 67.3 Å². The Kier molecular flexibility index (Phi) is 10.0. The number of likely N-dealkylation sites (tertiary alicyclic amines) is 2. The second-order valence-electron chi connectivity index (χ2n) is 13.2. The van der Waals surface area contributed by atoms with Crippen molar-refractivity contribution in [2.24, 2.45) is 17.8 Å². The zero-order chi connectivity index (χ0) is 31.7. The number of benzene rings is 2. The van der Waals surface area contributed by atoms with Crippen LogP contribution in [0.25, 0.3) is 6.08 Å². The number of hydrogen-bond acceptors (Lipinski definition) is 6. The Morgan fingerprint density at radius 3 is 2.58 bits per heavy atom. The largest absolute Gasteiger partial charge is 0.504 e. The molecule has 4 aliphatic rings. The number of piperidine rings is 1. The van der Waals surface area contributed by atoms with E-state index < -0.39 is 0 Å². The van der Waals surface area contributed by atoms with Gasteiger partial charge in [0.15, 0.2) is 11.5 Å². The normalized spacial score (nSPS) is 26.0. The first-order chi connectivity index (χ1) is 21.8. The summed E-state index contributed by atoms with van der Waals surface area (Å²) in [7, 11) is 1.56. The first-order valence-corrected chi connectivity index (χ1v) is 17.6. The Morgan fingerprint density at radius 1 is 1.11 bits per heavy atom. The molecule has 240 valence electrons. The highest BCUT2D eigenvalue weighted by atomic mass is 127. The van der Waals surface area contributed by atoms with Gasteiger partial charge in [-0.3, -0.25) is 19.4 Å². The van der Waals surface area contributed by atoms with Crippen LogP contribution in [-0.4, -0.2) is 65.7 Å². The fraction of sp³-hybridized carbons (Fsp3) is 0.514. The molecule has 2 amide bonds. The third-order valence-corrected chi connectivity index (χ3v) is 11.1. The van der Waals surface area contributed by atoms with E-state index >= 15 is 0 Å². The third kappa shape index (κ3) is 6.60. The van der Waals surface area contributed by atoms with E-state index in [4.69, 9.17) is 9.47 Å². The molecule has 1 aliphatic carbocycles. The van der Waals surface area contributed by atoms with Gasteiger partial charge in [0.05, 0.1) is 35.2 Å². The van der Waals surface area contributed by atoms with Crippen molar-refractivity contribution in [1.82, 2.24) is 9.80 Å². The highest BCUT2D eigenvalue weighted by Crippen LogP contribution is 2.51. The number of hydrogen-bond donors (Lipinski definition) is 1. The molecule has 2 aromatic rings. The minimum absolute atomic E-state index is 0.00198. The predicted octanol–water partition coefficient (Wildman–Crippen LogP) is 6.97. The highest BCUT2D eigenvalue weighted by Gasteiger charge is 2.58. The van der Waals surface area contributed by atoms with Crippen LogP contribution in [0, 0.1) is 21.3 Å². The van der Waals surface area contributed by atoms with Crippen LogP contribution < -0.4 is 4.74 Å². The summed E-state index contributed by atoms with van der Waals surface area (Å²) in [6.07, 6.45) is 8.16. The van der Waals surface area contributed by atoms with Gasteiger partial charge in [-0.25, -0.2) is 0 Å². The molecule has 1 N–H and O–H groups in total. The van der Waals surface area contributed by atoms with Crippen molar-refractivity contribution in [2.45, 2.75) is 77.5 Å². The Morgan fingerprint density at radius 2 is 1.87 bits per heavy atom. The van der Waals surface area contributed by atoms with E-state index in [1.165, 1.54) is 22.3 Å². The topological polar surface area (TPSA) is 79.3 Å². The van der Waals surface area contributed by atoms with Gasteiger partial charge in [0.25, 0.3) is 0 Å². The van der Waals surface area contributed by atoms with Gasteiger partial charge in [-0.1, -0.05) is 60.9 Å². The minimum Gasteiger partial charge on any atom is -0.504 e. The quantitative estimate of drug-likeness (QED) is 0.162. The number of fused-ring (bicyclic) bond motifs is 3. The summed E-state index contributed by atoms with van der Waals surface area (Å²) in [5.41, 5.74) is 6.17. The number of ether oxygens (including phenoxy) is 2. The Labute approximate surface area is 280 Å². The number of methoxy groups -OCH3 is 1. The minimum atomic E-state index is -0.288. The predicted molar refractivity (Wildman–Crippen MR) is 184 cm³/mol. The van der Waals surface area contributed by atoms with Crippen LogP contribution in [0.2, 0.25) is 0 Å². The summed E-state index contributed by atoms with van der Waals surface area (Å²) in [5, 5.41) is 10.2. The van der Waals surface area contributed by atoms with Crippen molar-refractivity contribution in [3.63, 3.8) is 0 Å². The number of aromatic hydroxyl groups is 1. The first kappa shape index (κ1) is 32.3. The standard InChI is InChI=1S/C37H45IN2O5/c1-4-8-26-20-28-34(37(43)40(36(28)42)27-13-15-39(16-14-27)21-24-9-6-5-7-10-24)29-22-45-31(33(26)29)12-11-23(2)17-25-18-30(38)35(41)32(19-25)44-3/h5-7,9-10,17-19,27-29,31,34,41H,4,8,11-16,20-22H2,1-3H3/b23-17+/t28-,29+,31-,34-/m1/s1. The molecule has 6 rings (SSSR count). The summed E-state index contributed by atoms with van der Waals surface area (Å²) in [6, 6.07) is 14.3. The molecular formula is C37H45IN2O5. The molecule has 0 bridgehead atoms. The molecule has 3 fully saturated rings. The monoisotopic (exact) mass is 724 g/mol. The second kappa shape index (κ2) is 14.0. The molecule has 8 heteroatoms. The lowest BCUT2D eigenvalue weighted by Crippen LogP contribution is -2.47. The van der Waals surface area contributed by atoms with Gasteiger partial charge in [-0.15, -0.1) is 0 Å². The lowest BCUT2D eigenvalue weighted by Gasteiger charge is -2.36. The molecule has 7 nitrogen and oxygen atoms in total. The Balaban J connectivity index is 1.13. The van der Waals surface area contributed by atoms with Gasteiger partial charge in [-0.05, 0) is 96.9 Å². The van der Waals surface area contributed by atoms with Crippen LogP contribution >= 0.6 is 22.6 Å². The van der Waals surface area contributed by atoms with Crippen LogP contribution in [0.1, 0.15) is 69.9 Å². The maximum atomic E-state index is 14.1. The summed E-state index contributed by atoms with van der Waals surface area (Å²) in [5.74, 6) is 0.200. The molecule has 0 aromatic heterocycles. The number of imide groups is 1. The molecule has 0 saturated carbocycles. The van der Waals surface area contributed by atoms with Gasteiger partial charge in [0.1, 0.15) is 0 Å². The molecule has 4 atom stereocenters. The molecule has 3 aliphatic heterocycles. The van der Waals surface area contributed by atoms with Crippen molar-refractivity contribution in [3.05, 3.63) is 73.9 Å². The van der Waals surface area contributed by atoms with Crippen molar-refractivity contribution in [1.29, 1.82) is 0 Å². The van der Waals surface area contributed by atoms with Crippen molar-refractivity contribution >= 4 is 40.5 Å².